The molecule has 1 aromatic rings. The van der Waals surface area contributed by atoms with Crippen molar-refractivity contribution >= 4 is 17.1 Å². The first-order chi connectivity index (χ1) is 6.73. The van der Waals surface area contributed by atoms with Crippen LogP contribution in [0.4, 0.5) is 30.2 Å². The molecule has 3 nitrogen and oxygen atoms in total. The minimum absolute atomic E-state index is 0.00852. The molecule has 0 aliphatic heterocycles. The van der Waals surface area contributed by atoms with Crippen LogP contribution in [0.2, 0.25) is 0 Å². The molecule has 0 spiro atoms. The summed E-state index contributed by atoms with van der Waals surface area (Å²) in [5.41, 5.74) is 10.1. The van der Waals surface area contributed by atoms with Gasteiger partial charge in [0.25, 0.3) is 0 Å². The minimum Gasteiger partial charge on any atom is -0.397 e. The van der Waals surface area contributed by atoms with E-state index >= 15 is 0 Å². The number of nitrogens with zero attached hydrogens (tertiary/aromatic N) is 1. The van der Waals surface area contributed by atoms with Crippen molar-refractivity contribution in [3.8, 4) is 0 Å². The lowest BCUT2D eigenvalue weighted by Gasteiger charge is -2.20. The number of alkyl halides is 3. The molecule has 0 saturated carbocycles. The zero-order chi connectivity index (χ0) is 11.8. The fourth-order valence-corrected chi connectivity index (χ4v) is 1.22. The monoisotopic (exact) mass is 219 g/mol. The Morgan fingerprint density at radius 3 is 1.93 bits per heavy atom. The summed E-state index contributed by atoms with van der Waals surface area (Å²) >= 11 is 0. The van der Waals surface area contributed by atoms with Gasteiger partial charge in [-0.15, -0.1) is 0 Å². The number of rotatable bonds is 1. The number of anilines is 3. The Morgan fingerprint density at radius 1 is 1.07 bits per heavy atom. The average molecular weight is 219 g/mol. The summed E-state index contributed by atoms with van der Waals surface area (Å²) in [7, 11) is 3.03. The highest BCUT2D eigenvalue weighted by atomic mass is 19.4. The largest absolute Gasteiger partial charge is 0.418 e. The molecule has 1 aromatic carbocycles. The van der Waals surface area contributed by atoms with Crippen LogP contribution in [0.3, 0.4) is 0 Å². The van der Waals surface area contributed by atoms with Crippen molar-refractivity contribution in [1.29, 1.82) is 0 Å². The van der Waals surface area contributed by atoms with E-state index in [1.165, 1.54) is 25.1 Å². The second-order valence-corrected chi connectivity index (χ2v) is 3.39. The normalized spacial score (nSPS) is 11.5. The van der Waals surface area contributed by atoms with Gasteiger partial charge in [-0.05, 0) is 12.1 Å². The minimum atomic E-state index is -4.43. The van der Waals surface area contributed by atoms with E-state index in [-0.39, 0.29) is 17.1 Å². The van der Waals surface area contributed by atoms with Gasteiger partial charge in [0.15, 0.2) is 0 Å². The van der Waals surface area contributed by atoms with E-state index in [1.54, 1.807) is 0 Å². The Labute approximate surface area is 85.5 Å². The Hall–Kier alpha value is -1.59. The molecule has 0 heterocycles. The van der Waals surface area contributed by atoms with Gasteiger partial charge in [0, 0.05) is 14.1 Å². The number of hydrogen-bond acceptors (Lipinski definition) is 3. The van der Waals surface area contributed by atoms with Crippen LogP contribution in [-0.2, 0) is 6.18 Å². The zero-order valence-electron chi connectivity index (χ0n) is 8.39. The SMILES string of the molecule is CN(C)c1cc(N)c(N)cc1C(F)(F)F. The Morgan fingerprint density at radius 2 is 1.53 bits per heavy atom. The van der Waals surface area contributed by atoms with Crippen LogP contribution in [0.1, 0.15) is 5.56 Å². The number of nitrogen functional groups attached to an aromatic ring is 2. The van der Waals surface area contributed by atoms with Gasteiger partial charge in [-0.25, -0.2) is 0 Å². The van der Waals surface area contributed by atoms with Crippen molar-refractivity contribution in [2.24, 2.45) is 0 Å². The van der Waals surface area contributed by atoms with Crippen LogP contribution in [-0.4, -0.2) is 14.1 Å². The van der Waals surface area contributed by atoms with Crippen LogP contribution in [0.25, 0.3) is 0 Å². The molecule has 0 saturated heterocycles. The van der Waals surface area contributed by atoms with Crippen molar-refractivity contribution in [3.63, 3.8) is 0 Å². The molecule has 4 N–H and O–H groups in total. The van der Waals surface area contributed by atoms with Crippen LogP contribution < -0.4 is 16.4 Å². The van der Waals surface area contributed by atoms with E-state index in [1.807, 2.05) is 0 Å². The van der Waals surface area contributed by atoms with Gasteiger partial charge < -0.3 is 16.4 Å². The van der Waals surface area contributed by atoms with Crippen molar-refractivity contribution in [3.05, 3.63) is 17.7 Å². The van der Waals surface area contributed by atoms with Gasteiger partial charge in [-0.1, -0.05) is 0 Å². The highest BCUT2D eigenvalue weighted by molar-refractivity contribution is 5.73. The van der Waals surface area contributed by atoms with Crippen LogP contribution in [0.5, 0.6) is 0 Å². The van der Waals surface area contributed by atoms with Crippen molar-refractivity contribution in [2.45, 2.75) is 6.18 Å². The topological polar surface area (TPSA) is 55.3 Å². The molecule has 0 bridgehead atoms. The first-order valence-corrected chi connectivity index (χ1v) is 4.17. The van der Waals surface area contributed by atoms with Gasteiger partial charge in [0.05, 0.1) is 22.6 Å². The third-order valence-corrected chi connectivity index (χ3v) is 1.99. The Bertz CT molecular complexity index is 372. The number of hydrogen-bond donors (Lipinski definition) is 2. The molecule has 15 heavy (non-hydrogen) atoms. The summed E-state index contributed by atoms with van der Waals surface area (Å²) in [6.45, 7) is 0. The fraction of sp³-hybridized carbons (Fsp3) is 0.333. The molecule has 0 atom stereocenters. The molecule has 1 rings (SSSR count). The summed E-state index contributed by atoms with van der Waals surface area (Å²) in [6.07, 6.45) is -4.43. The van der Waals surface area contributed by atoms with E-state index in [0.29, 0.717) is 0 Å². The number of benzene rings is 1. The van der Waals surface area contributed by atoms with Gasteiger partial charge in [-0.3, -0.25) is 0 Å². The molecule has 0 aromatic heterocycles. The molecule has 84 valence electrons. The third-order valence-electron chi connectivity index (χ3n) is 1.99. The van der Waals surface area contributed by atoms with Crippen molar-refractivity contribution in [2.75, 3.05) is 30.5 Å². The molecular weight excluding hydrogens is 207 g/mol. The predicted octanol–water partition coefficient (Wildman–Crippen LogP) is 1.94. The number of halogens is 3. The van der Waals surface area contributed by atoms with E-state index < -0.39 is 11.7 Å². The van der Waals surface area contributed by atoms with E-state index in [4.69, 9.17) is 11.5 Å². The summed E-state index contributed by atoms with van der Waals surface area (Å²) in [4.78, 5) is 1.35. The number of nitrogens with two attached hydrogens (primary N) is 2. The van der Waals surface area contributed by atoms with Crippen molar-refractivity contribution in [1.82, 2.24) is 0 Å². The lowest BCUT2D eigenvalue weighted by Crippen LogP contribution is -2.17. The van der Waals surface area contributed by atoms with Gasteiger partial charge >= 0.3 is 6.18 Å². The molecule has 0 amide bonds. The highest BCUT2D eigenvalue weighted by Gasteiger charge is 2.34. The second kappa shape index (κ2) is 3.52. The first-order valence-electron chi connectivity index (χ1n) is 4.17. The molecule has 0 fully saturated rings. The van der Waals surface area contributed by atoms with Crippen LogP contribution in [0, 0.1) is 0 Å². The van der Waals surface area contributed by atoms with Crippen LogP contribution >= 0.6 is 0 Å². The maximum absolute atomic E-state index is 12.6. The fourth-order valence-electron chi connectivity index (χ4n) is 1.22. The summed E-state index contributed by atoms with van der Waals surface area (Å²) < 4.78 is 37.8. The quantitative estimate of drug-likeness (QED) is 0.709. The maximum Gasteiger partial charge on any atom is 0.418 e. The zero-order valence-corrected chi connectivity index (χ0v) is 8.39. The summed E-state index contributed by atoms with van der Waals surface area (Å²) in [6, 6.07) is 2.07. The molecule has 0 unspecified atom stereocenters. The van der Waals surface area contributed by atoms with E-state index in [0.717, 1.165) is 6.07 Å². The van der Waals surface area contributed by atoms with Crippen molar-refractivity contribution < 1.29 is 13.2 Å². The average Bonchev–Trinajstić information content (AvgIpc) is 2.06. The molecular formula is C9H12F3N3. The lowest BCUT2D eigenvalue weighted by atomic mass is 10.1. The highest BCUT2D eigenvalue weighted by Crippen LogP contribution is 2.39. The first kappa shape index (κ1) is 11.5. The smallest absolute Gasteiger partial charge is 0.397 e. The van der Waals surface area contributed by atoms with Crippen LogP contribution in [0.15, 0.2) is 12.1 Å². The Balaban J connectivity index is 3.42. The Kier molecular flexibility index (Phi) is 2.70. The predicted molar refractivity (Wildman–Crippen MR) is 54.6 cm³/mol. The molecule has 0 aliphatic carbocycles. The second-order valence-electron chi connectivity index (χ2n) is 3.39. The molecule has 0 radical (unpaired) electrons. The van der Waals surface area contributed by atoms with E-state index in [2.05, 4.69) is 0 Å². The summed E-state index contributed by atoms with van der Waals surface area (Å²) in [5.74, 6) is 0. The van der Waals surface area contributed by atoms with Gasteiger partial charge in [0.1, 0.15) is 0 Å². The maximum atomic E-state index is 12.6. The van der Waals surface area contributed by atoms with E-state index in [9.17, 15) is 13.2 Å². The molecule has 0 aliphatic rings. The van der Waals surface area contributed by atoms with Gasteiger partial charge in [0.2, 0.25) is 0 Å². The summed E-state index contributed by atoms with van der Waals surface area (Å²) in [5, 5.41) is 0. The molecule has 6 heteroatoms. The van der Waals surface area contributed by atoms with Gasteiger partial charge in [-0.2, -0.15) is 13.2 Å². The lowest BCUT2D eigenvalue weighted by molar-refractivity contribution is -0.137. The standard InChI is InChI=1S/C9H12F3N3/c1-15(2)8-4-7(14)6(13)3-5(8)9(10,11)12/h3-4H,13-14H2,1-2H3. The third kappa shape index (κ3) is 2.26.